The van der Waals surface area contributed by atoms with E-state index in [0.29, 0.717) is 17.8 Å². The number of carbonyl (C=O) groups excluding carboxylic acids is 1. The van der Waals surface area contributed by atoms with Gasteiger partial charge in [0.2, 0.25) is 5.72 Å². The maximum Gasteiger partial charge on any atom is 0.266 e. The van der Waals surface area contributed by atoms with Gasteiger partial charge in [-0.3, -0.25) is 9.69 Å². The molecule has 0 bridgehead atoms. The monoisotopic (exact) mass is 567 g/mol. The molecule has 0 fully saturated rings. The average molecular weight is 568 g/mol. The minimum atomic E-state index is -1.13. The van der Waals surface area contributed by atoms with E-state index in [1.54, 1.807) is 18.9 Å². The quantitative estimate of drug-likeness (QED) is 0.213. The van der Waals surface area contributed by atoms with Crippen LogP contribution in [0, 0.1) is 0 Å². The first-order chi connectivity index (χ1) is 20.7. The third-order valence-electron chi connectivity index (χ3n) is 7.92. The molecule has 1 amide bonds. The number of hydrogen-bond donors (Lipinski definition) is 0. The first-order valence-corrected chi connectivity index (χ1v) is 14.9. The zero-order valence-electron chi connectivity index (χ0n) is 23.1. The van der Waals surface area contributed by atoms with Crippen LogP contribution in [0.3, 0.4) is 0 Å². The van der Waals surface area contributed by atoms with E-state index in [9.17, 15) is 0 Å². The molecular weight excluding hydrogens is 538 g/mol. The Bertz CT molecular complexity index is 1750. The summed E-state index contributed by atoms with van der Waals surface area (Å²) >= 11 is 1.78. The van der Waals surface area contributed by atoms with Gasteiger partial charge in [-0.15, -0.1) is 11.8 Å². The first kappa shape index (κ1) is 26.2. The smallest absolute Gasteiger partial charge is 0.266 e. The number of thioether (sulfide) groups is 1. The summed E-state index contributed by atoms with van der Waals surface area (Å²) in [6, 6.07) is 46.4. The SMILES string of the molecule is COc1ccc([C@]23C[C@@H](c4ccccc4)Sc4ccccc4N2C(=O)C(c2ccccc2)=C(c2ccccc2)O3)cc1. The molecule has 0 saturated carbocycles. The largest absolute Gasteiger partial charge is 0.497 e. The molecule has 2 heterocycles. The number of benzene rings is 5. The van der Waals surface area contributed by atoms with E-state index in [4.69, 9.17) is 9.47 Å². The van der Waals surface area contributed by atoms with Crippen LogP contribution in [0.4, 0.5) is 5.69 Å². The van der Waals surface area contributed by atoms with E-state index >= 15 is 4.79 Å². The van der Waals surface area contributed by atoms with Crippen LogP contribution in [-0.2, 0) is 15.3 Å². The predicted octanol–water partition coefficient (Wildman–Crippen LogP) is 8.72. The fourth-order valence-corrected chi connectivity index (χ4v) is 7.27. The highest BCUT2D eigenvalue weighted by atomic mass is 32.2. The highest BCUT2D eigenvalue weighted by Crippen LogP contribution is 2.58. The van der Waals surface area contributed by atoms with Crippen molar-refractivity contribution in [3.63, 3.8) is 0 Å². The van der Waals surface area contributed by atoms with E-state index in [-0.39, 0.29) is 11.2 Å². The summed E-state index contributed by atoms with van der Waals surface area (Å²) in [7, 11) is 1.66. The van der Waals surface area contributed by atoms with Gasteiger partial charge in [-0.05, 0) is 47.5 Å². The van der Waals surface area contributed by atoms with Gasteiger partial charge in [0.25, 0.3) is 5.91 Å². The Morgan fingerprint density at radius 2 is 1.33 bits per heavy atom. The first-order valence-electron chi connectivity index (χ1n) is 14.0. The van der Waals surface area contributed by atoms with Crippen molar-refractivity contribution in [2.45, 2.75) is 22.3 Å². The van der Waals surface area contributed by atoms with Gasteiger partial charge in [-0.25, -0.2) is 0 Å². The lowest BCUT2D eigenvalue weighted by Crippen LogP contribution is -2.55. The molecule has 0 N–H and O–H groups in total. The standard InChI is InChI=1S/C37H29NO3S/c1-40-30-23-21-29(22-24-30)37-25-33(26-13-5-2-6-14-26)42-32-20-12-11-19-31(32)38(37)36(39)34(27-15-7-3-8-16-27)35(41-37)28-17-9-4-10-18-28/h2-24,33H,25H2,1H3/t33-,37+/m0/s1. The second kappa shape index (κ2) is 10.9. The van der Waals surface area contributed by atoms with Crippen molar-refractivity contribution in [3.8, 4) is 5.75 Å². The van der Waals surface area contributed by atoms with Gasteiger partial charge in [0.05, 0.1) is 18.4 Å². The average Bonchev–Trinajstić information content (AvgIpc) is 3.21. The third kappa shape index (κ3) is 4.47. The molecule has 5 aromatic carbocycles. The molecule has 2 aliphatic rings. The Kier molecular flexibility index (Phi) is 6.80. The highest BCUT2D eigenvalue weighted by Gasteiger charge is 2.54. The van der Waals surface area contributed by atoms with Crippen LogP contribution >= 0.6 is 11.8 Å². The second-order valence-electron chi connectivity index (χ2n) is 10.4. The lowest BCUT2D eigenvalue weighted by atomic mass is 9.87. The van der Waals surface area contributed by atoms with Crippen LogP contribution < -0.4 is 9.64 Å². The van der Waals surface area contributed by atoms with Crippen LogP contribution in [0.15, 0.2) is 144 Å². The van der Waals surface area contributed by atoms with Gasteiger partial charge in [-0.1, -0.05) is 103 Å². The molecule has 2 atom stereocenters. The molecule has 206 valence electrons. The minimum Gasteiger partial charge on any atom is -0.497 e. The third-order valence-corrected chi connectivity index (χ3v) is 9.25. The molecule has 0 spiro atoms. The number of methoxy groups -OCH3 is 1. The number of ether oxygens (including phenoxy) is 2. The van der Waals surface area contributed by atoms with Gasteiger partial charge < -0.3 is 9.47 Å². The lowest BCUT2D eigenvalue weighted by Gasteiger charge is -2.48. The number of carbonyl (C=O) groups is 1. The number of hydrogen-bond acceptors (Lipinski definition) is 4. The van der Waals surface area contributed by atoms with Crippen LogP contribution in [0.1, 0.15) is 33.9 Å². The van der Waals surface area contributed by atoms with Crippen LogP contribution in [0.25, 0.3) is 11.3 Å². The molecule has 5 heteroatoms. The summed E-state index contributed by atoms with van der Waals surface area (Å²) in [5.41, 5.74) is 3.99. The Balaban J connectivity index is 1.55. The van der Waals surface area contributed by atoms with E-state index in [2.05, 4.69) is 30.3 Å². The van der Waals surface area contributed by atoms with Crippen molar-refractivity contribution >= 4 is 34.7 Å². The van der Waals surface area contributed by atoms with E-state index in [1.807, 2.05) is 114 Å². The number of amides is 1. The van der Waals surface area contributed by atoms with E-state index in [1.165, 1.54) is 5.56 Å². The topological polar surface area (TPSA) is 38.8 Å². The molecule has 4 nitrogen and oxygen atoms in total. The molecule has 0 unspecified atom stereocenters. The van der Waals surface area contributed by atoms with E-state index < -0.39 is 5.72 Å². The summed E-state index contributed by atoms with van der Waals surface area (Å²) in [5.74, 6) is 1.23. The molecule has 0 aromatic heterocycles. The van der Waals surface area contributed by atoms with Gasteiger partial charge in [-0.2, -0.15) is 0 Å². The molecule has 42 heavy (non-hydrogen) atoms. The Morgan fingerprint density at radius 3 is 2.00 bits per heavy atom. The summed E-state index contributed by atoms with van der Waals surface area (Å²) in [6.07, 6.45) is 0.535. The zero-order valence-corrected chi connectivity index (χ0v) is 24.0. The van der Waals surface area contributed by atoms with Crippen molar-refractivity contribution in [3.05, 3.63) is 162 Å². The Labute approximate surface area is 250 Å². The number of para-hydroxylation sites is 1. The summed E-state index contributed by atoms with van der Waals surface area (Å²) in [4.78, 5) is 18.1. The number of fused-ring (bicyclic) bond motifs is 3. The summed E-state index contributed by atoms with van der Waals surface area (Å²) < 4.78 is 12.9. The second-order valence-corrected chi connectivity index (χ2v) is 11.6. The molecule has 2 aliphatic heterocycles. The highest BCUT2D eigenvalue weighted by molar-refractivity contribution is 7.99. The van der Waals surface area contributed by atoms with Gasteiger partial charge >= 0.3 is 0 Å². The normalized spacial score (nSPS) is 19.8. The van der Waals surface area contributed by atoms with Crippen LogP contribution in [-0.4, -0.2) is 13.0 Å². The number of rotatable bonds is 5. The lowest BCUT2D eigenvalue weighted by molar-refractivity contribution is -0.120. The van der Waals surface area contributed by atoms with Gasteiger partial charge in [0, 0.05) is 27.7 Å². The molecule has 0 aliphatic carbocycles. The maximum absolute atomic E-state index is 15.2. The molecular formula is C37H29NO3S. The summed E-state index contributed by atoms with van der Waals surface area (Å²) in [6.45, 7) is 0. The number of nitrogens with zero attached hydrogens (tertiary/aromatic N) is 1. The van der Waals surface area contributed by atoms with Crippen LogP contribution in [0.5, 0.6) is 5.75 Å². The zero-order chi connectivity index (χ0) is 28.5. The molecule has 0 radical (unpaired) electrons. The van der Waals surface area contributed by atoms with Gasteiger partial charge in [0.15, 0.2) is 0 Å². The Morgan fingerprint density at radius 1 is 0.738 bits per heavy atom. The van der Waals surface area contributed by atoms with Crippen LogP contribution in [0.2, 0.25) is 0 Å². The Hall–Kier alpha value is -4.74. The fourth-order valence-electron chi connectivity index (χ4n) is 5.93. The predicted molar refractivity (Wildman–Crippen MR) is 169 cm³/mol. The molecule has 7 rings (SSSR count). The van der Waals surface area contributed by atoms with E-state index in [0.717, 1.165) is 33.0 Å². The van der Waals surface area contributed by atoms with Crippen molar-refractivity contribution in [1.82, 2.24) is 0 Å². The maximum atomic E-state index is 15.2. The van der Waals surface area contributed by atoms with Crippen molar-refractivity contribution in [1.29, 1.82) is 0 Å². The summed E-state index contributed by atoms with van der Waals surface area (Å²) in [5, 5.41) is 0.0163. The number of anilines is 1. The van der Waals surface area contributed by atoms with Crippen molar-refractivity contribution in [2.75, 3.05) is 12.0 Å². The fraction of sp³-hybridized carbons (Fsp3) is 0.108. The van der Waals surface area contributed by atoms with Crippen molar-refractivity contribution in [2.24, 2.45) is 0 Å². The molecule has 0 saturated heterocycles. The van der Waals surface area contributed by atoms with Gasteiger partial charge in [0.1, 0.15) is 11.5 Å². The van der Waals surface area contributed by atoms with Crippen molar-refractivity contribution < 1.29 is 14.3 Å². The molecule has 5 aromatic rings. The minimum absolute atomic E-state index is 0.0163.